The molecule has 3 N–H and O–H groups in total. The Morgan fingerprint density at radius 1 is 1.11 bits per heavy atom. The fraction of sp³-hybridized carbons (Fsp3) is 0.308. The second kappa shape index (κ2) is 9.75. The van der Waals surface area contributed by atoms with Crippen molar-refractivity contribution in [3.05, 3.63) is 65.0 Å². The Labute approximate surface area is 211 Å². The van der Waals surface area contributed by atoms with Gasteiger partial charge < -0.3 is 15.6 Å². The van der Waals surface area contributed by atoms with Gasteiger partial charge >= 0.3 is 5.97 Å². The van der Waals surface area contributed by atoms with E-state index < -0.39 is 12.1 Å². The minimum absolute atomic E-state index is 0.00617. The van der Waals surface area contributed by atoms with Crippen LogP contribution in [-0.4, -0.2) is 43.9 Å². The van der Waals surface area contributed by atoms with Crippen molar-refractivity contribution in [1.82, 2.24) is 19.6 Å². The molecule has 1 aliphatic carbocycles. The third-order valence-corrected chi connectivity index (χ3v) is 7.69. The van der Waals surface area contributed by atoms with Gasteiger partial charge in [-0.25, -0.2) is 9.78 Å². The van der Waals surface area contributed by atoms with E-state index in [4.69, 9.17) is 15.5 Å². The number of rotatable bonds is 6. The molecule has 0 radical (unpaired) electrons. The number of nitrogen functional groups attached to an aromatic ring is 1. The number of carboxylic acids is 1. The summed E-state index contributed by atoms with van der Waals surface area (Å²) >= 11 is 3.64. The van der Waals surface area contributed by atoms with Crippen LogP contribution in [0.25, 0.3) is 28.0 Å². The van der Waals surface area contributed by atoms with E-state index in [1.165, 1.54) is 7.11 Å². The molecule has 35 heavy (non-hydrogen) atoms. The molecule has 0 saturated heterocycles. The number of aliphatic carboxylic acids is 1. The standard InChI is InChI=1S/C26H26BrN5O3/c1-35-23(26(33)34)17-9-7-16(8-10-17)22-21(27)24(28)32-25(31-22)19(14-30-32)18-11-12-20(29-13-18)15-5-3-2-4-6-15/h2-6,11-14,16-17,23H,7-10,28H2,1H3,(H,33,34). The monoisotopic (exact) mass is 535 g/mol. The summed E-state index contributed by atoms with van der Waals surface area (Å²) < 4.78 is 7.60. The minimum Gasteiger partial charge on any atom is -0.479 e. The van der Waals surface area contributed by atoms with E-state index in [1.54, 1.807) is 10.7 Å². The summed E-state index contributed by atoms with van der Waals surface area (Å²) in [6.07, 6.45) is 5.97. The molecule has 3 heterocycles. The Kier molecular flexibility index (Phi) is 6.53. The van der Waals surface area contributed by atoms with Gasteiger partial charge in [0.15, 0.2) is 11.8 Å². The van der Waals surface area contributed by atoms with Crippen molar-refractivity contribution < 1.29 is 14.6 Å². The number of nitrogens with zero attached hydrogens (tertiary/aromatic N) is 4. The molecule has 1 aromatic carbocycles. The van der Waals surface area contributed by atoms with Gasteiger partial charge in [0.1, 0.15) is 5.82 Å². The van der Waals surface area contributed by atoms with Crippen molar-refractivity contribution in [2.75, 3.05) is 12.8 Å². The SMILES string of the molecule is COC(C(=O)O)C1CCC(c2nc3c(-c4ccc(-c5ccccc5)nc4)cnn3c(N)c2Br)CC1. The molecule has 4 aromatic rings. The quantitative estimate of drug-likeness (QED) is 0.349. The summed E-state index contributed by atoms with van der Waals surface area (Å²) in [4.78, 5) is 21.1. The molecule has 180 valence electrons. The average molecular weight is 536 g/mol. The number of carbonyl (C=O) groups is 1. The third-order valence-electron chi connectivity index (χ3n) is 6.88. The Balaban J connectivity index is 1.45. The van der Waals surface area contributed by atoms with Gasteiger partial charge in [-0.05, 0) is 53.6 Å². The lowest BCUT2D eigenvalue weighted by Gasteiger charge is -2.31. The van der Waals surface area contributed by atoms with Crippen LogP contribution in [0.3, 0.4) is 0 Å². The number of carboxylic acid groups (broad SMARTS) is 1. The first-order valence-corrected chi connectivity index (χ1v) is 12.4. The van der Waals surface area contributed by atoms with Crippen molar-refractivity contribution in [3.63, 3.8) is 0 Å². The first-order chi connectivity index (χ1) is 17.0. The van der Waals surface area contributed by atoms with Crippen LogP contribution < -0.4 is 5.73 Å². The van der Waals surface area contributed by atoms with Crippen molar-refractivity contribution in [1.29, 1.82) is 0 Å². The molecule has 1 aliphatic rings. The zero-order chi connectivity index (χ0) is 24.5. The highest BCUT2D eigenvalue weighted by molar-refractivity contribution is 9.10. The Bertz CT molecular complexity index is 1350. The lowest BCUT2D eigenvalue weighted by Crippen LogP contribution is -2.34. The molecule has 9 heteroatoms. The summed E-state index contributed by atoms with van der Waals surface area (Å²) in [5.74, 6) is -0.252. The normalized spacial score (nSPS) is 19.0. The number of pyridine rings is 1. The third kappa shape index (κ3) is 4.41. The topological polar surface area (TPSA) is 116 Å². The van der Waals surface area contributed by atoms with Gasteiger partial charge in [-0.1, -0.05) is 36.4 Å². The van der Waals surface area contributed by atoms with Crippen LogP contribution in [0.4, 0.5) is 5.82 Å². The summed E-state index contributed by atoms with van der Waals surface area (Å²) in [5, 5.41) is 13.9. The van der Waals surface area contributed by atoms with Crippen LogP contribution in [0.1, 0.15) is 37.3 Å². The predicted molar refractivity (Wildman–Crippen MR) is 137 cm³/mol. The molecule has 0 spiro atoms. The minimum atomic E-state index is -0.906. The number of hydrogen-bond acceptors (Lipinski definition) is 6. The molecule has 0 aliphatic heterocycles. The number of halogens is 1. The Morgan fingerprint density at radius 2 is 1.86 bits per heavy atom. The van der Waals surface area contributed by atoms with Gasteiger partial charge in [-0.3, -0.25) is 4.98 Å². The van der Waals surface area contributed by atoms with E-state index in [2.05, 4.69) is 26.0 Å². The number of nitrogens with two attached hydrogens (primary N) is 1. The van der Waals surface area contributed by atoms with Crippen molar-refractivity contribution in [3.8, 4) is 22.4 Å². The average Bonchev–Trinajstić information content (AvgIpc) is 3.32. The van der Waals surface area contributed by atoms with Crippen molar-refractivity contribution in [2.45, 2.75) is 37.7 Å². The maximum absolute atomic E-state index is 11.5. The van der Waals surface area contributed by atoms with Gasteiger partial charge in [-0.2, -0.15) is 9.61 Å². The smallest absolute Gasteiger partial charge is 0.333 e. The van der Waals surface area contributed by atoms with Gasteiger partial charge in [0.25, 0.3) is 0 Å². The van der Waals surface area contributed by atoms with E-state index in [9.17, 15) is 9.90 Å². The Morgan fingerprint density at radius 3 is 2.49 bits per heavy atom. The Hall–Kier alpha value is -3.30. The van der Waals surface area contributed by atoms with Crippen LogP contribution in [0.2, 0.25) is 0 Å². The van der Waals surface area contributed by atoms with Crippen LogP contribution in [0, 0.1) is 5.92 Å². The molecule has 1 saturated carbocycles. The van der Waals surface area contributed by atoms with Crippen LogP contribution >= 0.6 is 15.9 Å². The molecule has 0 amide bonds. The maximum atomic E-state index is 11.5. The summed E-state index contributed by atoms with van der Waals surface area (Å²) in [7, 11) is 1.46. The highest BCUT2D eigenvalue weighted by Gasteiger charge is 2.34. The molecule has 5 rings (SSSR count). The molecule has 1 fully saturated rings. The number of benzene rings is 1. The van der Waals surface area contributed by atoms with E-state index >= 15 is 0 Å². The summed E-state index contributed by atoms with van der Waals surface area (Å²) in [6, 6.07) is 14.0. The fourth-order valence-electron chi connectivity index (χ4n) is 5.01. The van der Waals surface area contributed by atoms with E-state index in [-0.39, 0.29) is 11.8 Å². The lowest BCUT2D eigenvalue weighted by molar-refractivity contribution is -0.152. The molecule has 8 nitrogen and oxygen atoms in total. The van der Waals surface area contributed by atoms with Crippen LogP contribution in [0.5, 0.6) is 0 Å². The highest BCUT2D eigenvalue weighted by atomic mass is 79.9. The zero-order valence-electron chi connectivity index (χ0n) is 19.3. The number of anilines is 1. The first kappa shape index (κ1) is 23.4. The van der Waals surface area contributed by atoms with E-state index in [1.807, 2.05) is 48.7 Å². The van der Waals surface area contributed by atoms with Gasteiger partial charge in [0, 0.05) is 35.9 Å². The zero-order valence-corrected chi connectivity index (χ0v) is 20.9. The summed E-state index contributed by atoms with van der Waals surface area (Å²) in [6.45, 7) is 0. The fourth-order valence-corrected chi connectivity index (χ4v) is 5.59. The highest BCUT2D eigenvalue weighted by Crippen LogP contribution is 2.41. The van der Waals surface area contributed by atoms with Crippen molar-refractivity contribution in [2.24, 2.45) is 5.92 Å². The van der Waals surface area contributed by atoms with E-state index in [0.29, 0.717) is 11.5 Å². The largest absolute Gasteiger partial charge is 0.479 e. The number of hydrogen-bond donors (Lipinski definition) is 2. The maximum Gasteiger partial charge on any atom is 0.333 e. The number of ether oxygens (including phenoxy) is 1. The summed E-state index contributed by atoms with van der Waals surface area (Å²) in [5.41, 5.74) is 11.7. The number of aromatic nitrogens is 4. The van der Waals surface area contributed by atoms with Gasteiger partial charge in [-0.15, -0.1) is 0 Å². The second-order valence-corrected chi connectivity index (χ2v) is 9.69. The molecule has 1 atom stereocenters. The second-order valence-electron chi connectivity index (χ2n) is 8.89. The number of methoxy groups -OCH3 is 1. The van der Waals surface area contributed by atoms with Gasteiger partial charge in [0.2, 0.25) is 0 Å². The number of fused-ring (bicyclic) bond motifs is 1. The molecular weight excluding hydrogens is 510 g/mol. The molecule has 1 unspecified atom stereocenters. The first-order valence-electron chi connectivity index (χ1n) is 11.6. The van der Waals surface area contributed by atoms with Crippen molar-refractivity contribution >= 4 is 33.4 Å². The van der Waals surface area contributed by atoms with Crippen LogP contribution in [-0.2, 0) is 9.53 Å². The molecule has 0 bridgehead atoms. The molecule has 3 aromatic heterocycles. The lowest BCUT2D eigenvalue weighted by atomic mass is 9.78. The van der Waals surface area contributed by atoms with Gasteiger partial charge in [0.05, 0.1) is 22.1 Å². The molecular formula is C26H26BrN5O3. The predicted octanol–water partition coefficient (Wildman–Crippen LogP) is 5.18. The van der Waals surface area contributed by atoms with E-state index in [0.717, 1.165) is 58.2 Å². The van der Waals surface area contributed by atoms with Crippen LogP contribution in [0.15, 0.2) is 59.3 Å².